The van der Waals surface area contributed by atoms with Crippen molar-refractivity contribution in [3.05, 3.63) is 36.1 Å². The Balaban J connectivity index is 2.20. The number of methoxy groups -OCH3 is 1. The number of allylic oxidation sites excluding steroid dienone is 4. The molecule has 0 aromatic carbocycles. The molecule has 0 spiro atoms. The van der Waals surface area contributed by atoms with Crippen LogP contribution in [0.4, 0.5) is 14.5 Å². The van der Waals surface area contributed by atoms with Crippen molar-refractivity contribution in [3.63, 3.8) is 0 Å². The van der Waals surface area contributed by atoms with Crippen LogP contribution in [-0.4, -0.2) is 29.6 Å². The molecule has 19 heavy (non-hydrogen) atoms. The van der Waals surface area contributed by atoms with Crippen LogP contribution in [0.2, 0.25) is 0 Å². The van der Waals surface area contributed by atoms with Crippen LogP contribution in [0.25, 0.3) is 0 Å². The summed E-state index contributed by atoms with van der Waals surface area (Å²) in [6.07, 6.45) is 0.197. The second kappa shape index (κ2) is 5.66. The smallest absolute Gasteiger partial charge is 0.242 e. The summed E-state index contributed by atoms with van der Waals surface area (Å²) >= 11 is 0. The van der Waals surface area contributed by atoms with Gasteiger partial charge in [-0.05, 0) is 18.2 Å². The van der Waals surface area contributed by atoms with Crippen molar-refractivity contribution in [3.8, 4) is 11.8 Å². The highest BCUT2D eigenvalue weighted by Crippen LogP contribution is 2.27. The van der Waals surface area contributed by atoms with Crippen molar-refractivity contribution in [2.45, 2.75) is 12.3 Å². The van der Waals surface area contributed by atoms with E-state index in [4.69, 9.17) is 14.7 Å². The van der Waals surface area contributed by atoms with Gasteiger partial charge >= 0.3 is 0 Å². The zero-order chi connectivity index (χ0) is 13.8. The first-order valence-electron chi connectivity index (χ1n) is 5.45. The van der Waals surface area contributed by atoms with Gasteiger partial charge in [-0.3, -0.25) is 10.7 Å². The highest BCUT2D eigenvalue weighted by molar-refractivity contribution is 5.52. The number of rotatable bonds is 4. The first-order chi connectivity index (χ1) is 9.15. The molecule has 5 nitrogen and oxygen atoms in total. The predicted octanol–water partition coefficient (Wildman–Crippen LogP) is 2.40. The van der Waals surface area contributed by atoms with Gasteiger partial charge in [0.2, 0.25) is 11.8 Å². The zero-order valence-corrected chi connectivity index (χ0v) is 10.0. The molecule has 1 aromatic rings. The number of hydrogen-bond acceptors (Lipinski definition) is 5. The van der Waals surface area contributed by atoms with Crippen molar-refractivity contribution < 1.29 is 23.5 Å². The minimum atomic E-state index is -1.87. The average molecular weight is 270 g/mol. The highest BCUT2D eigenvalue weighted by atomic mass is 19.2. The summed E-state index contributed by atoms with van der Waals surface area (Å²) in [7, 11) is 1.35. The molecule has 2 atom stereocenters. The van der Waals surface area contributed by atoms with E-state index in [-0.39, 0.29) is 23.2 Å². The third kappa shape index (κ3) is 2.82. The van der Waals surface area contributed by atoms with E-state index in [0.717, 1.165) is 6.08 Å². The lowest BCUT2D eigenvalue weighted by molar-refractivity contribution is 0.181. The third-order valence-electron chi connectivity index (χ3n) is 2.48. The van der Waals surface area contributed by atoms with Crippen LogP contribution in [0.15, 0.2) is 36.1 Å². The van der Waals surface area contributed by atoms with Crippen LogP contribution in [0.5, 0.6) is 11.8 Å². The molecular formula is C12H12F2N2O3. The predicted molar refractivity (Wildman–Crippen MR) is 63.8 cm³/mol. The van der Waals surface area contributed by atoms with Crippen molar-refractivity contribution >= 4 is 5.69 Å². The fourth-order valence-electron chi connectivity index (χ4n) is 1.54. The molecule has 0 amide bonds. The second-order valence-corrected chi connectivity index (χ2v) is 3.72. The fraction of sp³-hybridized carbons (Fsp3) is 0.250. The van der Waals surface area contributed by atoms with E-state index < -0.39 is 12.3 Å². The van der Waals surface area contributed by atoms with Gasteiger partial charge in [-0.25, -0.2) is 8.78 Å². The topological polar surface area (TPSA) is 63.6 Å². The lowest BCUT2D eigenvalue weighted by Crippen LogP contribution is -2.23. The molecule has 0 saturated heterocycles. The van der Waals surface area contributed by atoms with Crippen molar-refractivity contribution in [1.82, 2.24) is 4.98 Å². The number of pyridine rings is 1. The van der Waals surface area contributed by atoms with E-state index in [2.05, 4.69) is 4.98 Å². The lowest BCUT2D eigenvalue weighted by atomic mass is 10.1. The largest absolute Gasteiger partial charge is 0.479 e. The average Bonchev–Trinajstić information content (AvgIpc) is 2.43. The zero-order valence-electron chi connectivity index (χ0n) is 10.0. The van der Waals surface area contributed by atoms with Gasteiger partial charge in [0.25, 0.3) is 0 Å². The van der Waals surface area contributed by atoms with E-state index in [0.29, 0.717) is 0 Å². The van der Waals surface area contributed by atoms with Gasteiger partial charge in [0.1, 0.15) is 11.4 Å². The van der Waals surface area contributed by atoms with Gasteiger partial charge in [0, 0.05) is 6.07 Å². The molecule has 1 aromatic heterocycles. The van der Waals surface area contributed by atoms with Crippen LogP contribution >= 0.6 is 0 Å². The Morgan fingerprint density at radius 1 is 1.37 bits per heavy atom. The first kappa shape index (κ1) is 13.3. The Morgan fingerprint density at radius 3 is 2.84 bits per heavy atom. The number of nitrogens with zero attached hydrogens (tertiary/aromatic N) is 1. The minimum absolute atomic E-state index is 0.0345. The van der Waals surface area contributed by atoms with Gasteiger partial charge in [-0.1, -0.05) is 6.08 Å². The maximum atomic E-state index is 13.5. The van der Waals surface area contributed by atoms with Crippen LogP contribution in [0.3, 0.4) is 0 Å². The number of aromatic nitrogens is 1. The summed E-state index contributed by atoms with van der Waals surface area (Å²) in [6.45, 7) is 0. The number of alkyl halides is 2. The molecule has 0 bridgehead atoms. The number of ether oxygens (including phenoxy) is 2. The maximum Gasteiger partial charge on any atom is 0.242 e. The SMILES string of the molecule is COc1nc(OC2=CC=CC(F)C2F)ccc1NO. The van der Waals surface area contributed by atoms with Gasteiger partial charge in [-0.2, -0.15) is 4.98 Å². The molecule has 0 aliphatic heterocycles. The minimum Gasteiger partial charge on any atom is -0.479 e. The van der Waals surface area contributed by atoms with Crippen LogP contribution in [0, 0.1) is 0 Å². The molecule has 102 valence electrons. The molecule has 1 aliphatic rings. The van der Waals surface area contributed by atoms with E-state index in [1.165, 1.54) is 31.4 Å². The molecule has 0 fully saturated rings. The number of nitrogens with one attached hydrogen (secondary N) is 1. The summed E-state index contributed by atoms with van der Waals surface area (Å²) in [5, 5.41) is 8.80. The Labute approximate surface area is 108 Å². The van der Waals surface area contributed by atoms with Crippen LogP contribution < -0.4 is 15.0 Å². The monoisotopic (exact) mass is 270 g/mol. The highest BCUT2D eigenvalue weighted by Gasteiger charge is 2.27. The van der Waals surface area contributed by atoms with E-state index in [1.807, 2.05) is 5.48 Å². The quantitative estimate of drug-likeness (QED) is 0.822. The Bertz CT molecular complexity index is 520. The van der Waals surface area contributed by atoms with Crippen molar-refractivity contribution in [2.75, 3.05) is 12.6 Å². The van der Waals surface area contributed by atoms with Gasteiger partial charge in [0.05, 0.1) is 7.11 Å². The normalized spacial score (nSPS) is 21.8. The summed E-state index contributed by atoms with van der Waals surface area (Å²) < 4.78 is 36.7. The summed E-state index contributed by atoms with van der Waals surface area (Å²) in [4.78, 5) is 3.89. The number of anilines is 1. The fourth-order valence-corrected chi connectivity index (χ4v) is 1.54. The van der Waals surface area contributed by atoms with Gasteiger partial charge in [0.15, 0.2) is 12.3 Å². The Hall–Kier alpha value is -2.15. The standard InChI is InChI=1S/C12H12F2N2O3/c1-18-12-8(16-17)5-6-10(15-12)19-9-4-2-3-7(13)11(9)14/h2-7,11,16-17H,1H3. The van der Waals surface area contributed by atoms with E-state index >= 15 is 0 Å². The van der Waals surface area contributed by atoms with E-state index in [1.54, 1.807) is 0 Å². The van der Waals surface area contributed by atoms with Gasteiger partial charge < -0.3 is 9.47 Å². The number of halogens is 2. The summed E-state index contributed by atoms with van der Waals surface area (Å²) in [5.74, 6) is -0.0688. The molecule has 0 radical (unpaired) electrons. The van der Waals surface area contributed by atoms with Crippen LogP contribution in [-0.2, 0) is 0 Å². The van der Waals surface area contributed by atoms with Gasteiger partial charge in [-0.15, -0.1) is 0 Å². The van der Waals surface area contributed by atoms with Crippen molar-refractivity contribution in [2.24, 2.45) is 0 Å². The molecule has 2 unspecified atom stereocenters. The molecule has 2 rings (SSSR count). The molecular weight excluding hydrogens is 258 g/mol. The molecule has 0 saturated carbocycles. The van der Waals surface area contributed by atoms with Crippen molar-refractivity contribution in [1.29, 1.82) is 0 Å². The number of hydrogen-bond donors (Lipinski definition) is 2. The third-order valence-corrected chi connectivity index (χ3v) is 2.48. The molecule has 7 heteroatoms. The Morgan fingerprint density at radius 2 is 2.16 bits per heavy atom. The molecule has 1 aliphatic carbocycles. The summed E-state index contributed by atoms with van der Waals surface area (Å²) in [6, 6.07) is 2.82. The van der Waals surface area contributed by atoms with E-state index in [9.17, 15) is 8.78 Å². The second-order valence-electron chi connectivity index (χ2n) is 3.72. The molecule has 1 heterocycles. The summed E-state index contributed by atoms with van der Waals surface area (Å²) in [5.41, 5.74) is 2.12. The Kier molecular flexibility index (Phi) is 3.96. The lowest BCUT2D eigenvalue weighted by Gasteiger charge is -2.18. The molecule has 2 N–H and O–H groups in total. The first-order valence-corrected chi connectivity index (χ1v) is 5.45. The van der Waals surface area contributed by atoms with Crippen LogP contribution in [0.1, 0.15) is 0 Å². The maximum absolute atomic E-state index is 13.5.